The second-order valence-electron chi connectivity index (χ2n) is 5.21. The summed E-state index contributed by atoms with van der Waals surface area (Å²) in [6.45, 7) is 8.16. The van der Waals surface area contributed by atoms with E-state index in [1.165, 1.54) is 0 Å². The maximum Gasteiger partial charge on any atom is 0.258 e. The van der Waals surface area contributed by atoms with Crippen LogP contribution in [0.3, 0.4) is 0 Å². The molecular weight excluding hydrogens is 280 g/mol. The highest BCUT2D eigenvalue weighted by Gasteiger charge is 2.29. The minimum Gasteiger partial charge on any atom is -0.493 e. The fourth-order valence-corrected chi connectivity index (χ4v) is 4.95. The van der Waals surface area contributed by atoms with Gasteiger partial charge in [0.05, 0.1) is 10.8 Å². The monoisotopic (exact) mass is 300 g/mol. The number of nitrogens with one attached hydrogen (secondary N) is 1. The van der Waals surface area contributed by atoms with Crippen molar-refractivity contribution in [1.82, 2.24) is 9.97 Å². The van der Waals surface area contributed by atoms with E-state index in [2.05, 4.69) is 23.8 Å². The van der Waals surface area contributed by atoms with Gasteiger partial charge in [0.15, 0.2) is 0 Å². The number of thioether (sulfide) groups is 2. The van der Waals surface area contributed by atoms with Gasteiger partial charge in [0.1, 0.15) is 5.82 Å². The molecule has 0 radical (unpaired) electrons. The summed E-state index contributed by atoms with van der Waals surface area (Å²) in [5.74, 6) is 1.37. The molecule has 1 aliphatic heterocycles. The molecule has 2 N–H and O–H groups in total. The normalized spacial score (nSPS) is 27.7. The second-order valence-corrected chi connectivity index (χ2v) is 8.21. The second kappa shape index (κ2) is 5.79. The van der Waals surface area contributed by atoms with Crippen LogP contribution in [0.1, 0.15) is 50.3 Å². The van der Waals surface area contributed by atoms with Crippen molar-refractivity contribution in [3.63, 3.8) is 0 Å². The lowest BCUT2D eigenvalue weighted by Gasteiger charge is -2.30. The number of hydrogen-bond donors (Lipinski definition) is 2. The molecule has 0 aliphatic carbocycles. The van der Waals surface area contributed by atoms with Crippen LogP contribution >= 0.6 is 23.5 Å². The summed E-state index contributed by atoms with van der Waals surface area (Å²) in [4.78, 5) is 19.1. The zero-order valence-electron chi connectivity index (χ0n) is 11.6. The zero-order valence-corrected chi connectivity index (χ0v) is 13.3. The molecule has 1 saturated heterocycles. The van der Waals surface area contributed by atoms with Gasteiger partial charge in [0, 0.05) is 16.3 Å². The molecule has 1 fully saturated rings. The molecule has 4 nitrogen and oxygen atoms in total. The first-order valence-electron chi connectivity index (χ1n) is 6.50. The molecule has 3 atom stereocenters. The van der Waals surface area contributed by atoms with E-state index in [-0.39, 0.29) is 22.6 Å². The van der Waals surface area contributed by atoms with Crippen molar-refractivity contribution < 1.29 is 5.11 Å². The predicted molar refractivity (Wildman–Crippen MR) is 82.3 cm³/mol. The number of H-pyrrole nitrogens is 1. The number of rotatable bonds is 2. The van der Waals surface area contributed by atoms with Crippen molar-refractivity contribution in [2.75, 3.05) is 5.75 Å². The third kappa shape index (κ3) is 3.11. The molecule has 2 heterocycles. The highest BCUT2D eigenvalue weighted by molar-refractivity contribution is 8.07. The minimum absolute atomic E-state index is 0.0300. The fourth-order valence-electron chi connectivity index (χ4n) is 2.09. The number of hydrogen-bond acceptors (Lipinski definition) is 5. The standard InChI is InChI=1S/C13H20N2O2S2/c1-6(2)10-12(16)14-11(15-13(10)17)9-5-18-7(3)8(4)19-9/h6-9H,5H2,1-4H3,(H2,14,15,16,17). The summed E-state index contributed by atoms with van der Waals surface area (Å²) in [6, 6.07) is 0. The van der Waals surface area contributed by atoms with Gasteiger partial charge in [0.2, 0.25) is 5.88 Å². The Morgan fingerprint density at radius 1 is 1.37 bits per heavy atom. The number of aromatic amines is 1. The first kappa shape index (κ1) is 14.8. The third-order valence-corrected chi connectivity index (χ3v) is 6.79. The molecule has 6 heteroatoms. The van der Waals surface area contributed by atoms with Gasteiger partial charge in [-0.1, -0.05) is 27.7 Å². The van der Waals surface area contributed by atoms with Gasteiger partial charge in [-0.15, -0.1) is 11.8 Å². The number of nitrogens with zero attached hydrogens (tertiary/aromatic N) is 1. The molecule has 19 heavy (non-hydrogen) atoms. The Balaban J connectivity index is 2.30. The van der Waals surface area contributed by atoms with Crippen LogP contribution in [0.2, 0.25) is 0 Å². The molecule has 0 amide bonds. The lowest BCUT2D eigenvalue weighted by molar-refractivity contribution is 0.436. The first-order valence-corrected chi connectivity index (χ1v) is 8.49. The minimum atomic E-state index is -0.214. The van der Waals surface area contributed by atoms with E-state index in [4.69, 9.17) is 0 Å². The molecule has 0 aromatic carbocycles. The molecule has 1 aliphatic rings. The quantitative estimate of drug-likeness (QED) is 0.879. The third-order valence-electron chi connectivity index (χ3n) is 3.39. The van der Waals surface area contributed by atoms with Crippen molar-refractivity contribution >= 4 is 23.5 Å². The molecule has 2 rings (SSSR count). The SMILES string of the molecule is CC(C)c1c(O)nc(C2CSC(C)C(C)S2)[nH]c1=O. The van der Waals surface area contributed by atoms with Crippen LogP contribution in [0, 0.1) is 0 Å². The van der Waals surface area contributed by atoms with Crippen LogP contribution in [0.25, 0.3) is 0 Å². The summed E-state index contributed by atoms with van der Waals surface area (Å²) in [5, 5.41) is 11.2. The molecule has 106 valence electrons. The van der Waals surface area contributed by atoms with Gasteiger partial charge in [0.25, 0.3) is 5.56 Å². The number of aromatic hydroxyl groups is 1. The van der Waals surface area contributed by atoms with Crippen LogP contribution in [0.5, 0.6) is 5.88 Å². The highest BCUT2D eigenvalue weighted by Crippen LogP contribution is 2.43. The van der Waals surface area contributed by atoms with Gasteiger partial charge >= 0.3 is 0 Å². The highest BCUT2D eigenvalue weighted by atomic mass is 32.2. The Labute approximate surface area is 121 Å². The van der Waals surface area contributed by atoms with Gasteiger partial charge in [-0.3, -0.25) is 4.79 Å². The van der Waals surface area contributed by atoms with Crippen molar-refractivity contribution in [1.29, 1.82) is 0 Å². The van der Waals surface area contributed by atoms with Gasteiger partial charge in [-0.05, 0) is 5.92 Å². The lowest BCUT2D eigenvalue weighted by Crippen LogP contribution is -2.25. The summed E-state index contributed by atoms with van der Waals surface area (Å²) < 4.78 is 0. The summed E-state index contributed by atoms with van der Waals surface area (Å²) in [7, 11) is 0. The smallest absolute Gasteiger partial charge is 0.258 e. The molecule has 1 aromatic heterocycles. The average molecular weight is 300 g/mol. The molecule has 0 saturated carbocycles. The fraction of sp³-hybridized carbons (Fsp3) is 0.692. The van der Waals surface area contributed by atoms with Crippen LogP contribution in [-0.4, -0.2) is 31.3 Å². The maximum atomic E-state index is 12.0. The Morgan fingerprint density at radius 3 is 2.58 bits per heavy atom. The van der Waals surface area contributed by atoms with E-state index in [1.807, 2.05) is 37.4 Å². The first-order chi connectivity index (χ1) is 8.90. The van der Waals surface area contributed by atoms with E-state index in [0.29, 0.717) is 21.9 Å². The zero-order chi connectivity index (χ0) is 14.2. The van der Waals surface area contributed by atoms with Gasteiger partial charge in [-0.25, -0.2) is 0 Å². The van der Waals surface area contributed by atoms with Crippen molar-refractivity contribution in [2.24, 2.45) is 0 Å². The van der Waals surface area contributed by atoms with Gasteiger partial charge < -0.3 is 10.1 Å². The maximum absolute atomic E-state index is 12.0. The van der Waals surface area contributed by atoms with Crippen molar-refractivity contribution in [2.45, 2.75) is 49.4 Å². The van der Waals surface area contributed by atoms with Crippen molar-refractivity contribution in [3.05, 3.63) is 21.7 Å². The van der Waals surface area contributed by atoms with Crippen molar-refractivity contribution in [3.8, 4) is 5.88 Å². The Hall–Kier alpha value is -0.620. The topological polar surface area (TPSA) is 66.0 Å². The molecule has 0 bridgehead atoms. The lowest BCUT2D eigenvalue weighted by atomic mass is 10.1. The van der Waals surface area contributed by atoms with E-state index in [0.717, 1.165) is 5.75 Å². The molecule has 0 spiro atoms. The molecule has 1 aromatic rings. The molecular formula is C13H20N2O2S2. The van der Waals surface area contributed by atoms with Crippen LogP contribution in [0.15, 0.2) is 4.79 Å². The largest absolute Gasteiger partial charge is 0.493 e. The van der Waals surface area contributed by atoms with Crippen LogP contribution < -0.4 is 5.56 Å². The van der Waals surface area contributed by atoms with E-state index >= 15 is 0 Å². The Kier molecular flexibility index (Phi) is 4.50. The predicted octanol–water partition coefficient (Wildman–Crippen LogP) is 2.90. The van der Waals surface area contributed by atoms with Crippen LogP contribution in [0.4, 0.5) is 0 Å². The van der Waals surface area contributed by atoms with Gasteiger partial charge in [-0.2, -0.15) is 16.7 Å². The summed E-state index contributed by atoms with van der Waals surface area (Å²) in [6.07, 6.45) is 0. The Bertz CT molecular complexity index is 516. The van der Waals surface area contributed by atoms with E-state index < -0.39 is 0 Å². The average Bonchev–Trinajstić information content (AvgIpc) is 2.31. The summed E-state index contributed by atoms with van der Waals surface area (Å²) >= 11 is 3.70. The number of aromatic nitrogens is 2. The van der Waals surface area contributed by atoms with E-state index in [1.54, 1.807) is 0 Å². The molecule has 3 unspecified atom stereocenters. The Morgan fingerprint density at radius 2 is 2.05 bits per heavy atom. The summed E-state index contributed by atoms with van der Waals surface area (Å²) in [5.41, 5.74) is 0.160. The van der Waals surface area contributed by atoms with E-state index in [9.17, 15) is 9.90 Å². The van der Waals surface area contributed by atoms with Crippen LogP contribution in [-0.2, 0) is 0 Å².